The number of hydrogen-bond acceptors (Lipinski definition) is 1. The minimum absolute atomic E-state index is 0.269. The van der Waals surface area contributed by atoms with Gasteiger partial charge in [0.25, 0.3) is 0 Å². The predicted molar refractivity (Wildman–Crippen MR) is 43.9 cm³/mol. The second-order valence-electron chi connectivity index (χ2n) is 3.35. The van der Waals surface area contributed by atoms with Gasteiger partial charge in [0.1, 0.15) is 5.78 Å². The summed E-state index contributed by atoms with van der Waals surface area (Å²) in [5.74, 6) is 1.31. The summed E-state index contributed by atoms with van der Waals surface area (Å²) >= 11 is 0. The number of rotatable bonds is 4. The molecule has 1 nitrogen and oxygen atoms in total. The van der Waals surface area contributed by atoms with Gasteiger partial charge in [-0.2, -0.15) is 0 Å². The molecule has 0 aliphatic heterocycles. The number of carbonyl (C=O) groups excluding carboxylic acids is 1. The lowest BCUT2D eigenvalue weighted by molar-refractivity contribution is -0.122. The Bertz CT molecular complexity index is 105. The van der Waals surface area contributed by atoms with Gasteiger partial charge in [0, 0.05) is 12.3 Å². The third-order valence-electron chi connectivity index (χ3n) is 1.72. The van der Waals surface area contributed by atoms with Gasteiger partial charge >= 0.3 is 0 Å². The first kappa shape index (κ1) is 9.67. The van der Waals surface area contributed by atoms with Crippen LogP contribution in [0, 0.1) is 11.8 Å². The van der Waals surface area contributed by atoms with E-state index in [0.717, 1.165) is 6.42 Å². The predicted octanol–water partition coefficient (Wildman–Crippen LogP) is 2.65. The molecule has 60 valence electrons. The zero-order chi connectivity index (χ0) is 8.15. The van der Waals surface area contributed by atoms with Crippen LogP contribution in [0.4, 0.5) is 0 Å². The van der Waals surface area contributed by atoms with Crippen LogP contribution in [0.1, 0.15) is 40.5 Å². The van der Waals surface area contributed by atoms with Gasteiger partial charge in [-0.05, 0) is 12.3 Å². The van der Waals surface area contributed by atoms with Crippen LogP contribution in [0.15, 0.2) is 0 Å². The summed E-state index contributed by atoms with van der Waals surface area (Å²) in [5, 5.41) is 0. The van der Waals surface area contributed by atoms with Crippen LogP contribution in [0.25, 0.3) is 0 Å². The summed E-state index contributed by atoms with van der Waals surface area (Å²) in [4.78, 5) is 11.0. The largest absolute Gasteiger partial charge is 0.299 e. The SMILES string of the molecule is CCC(=O)C(C)CC(C)C. The average molecular weight is 142 g/mol. The Hall–Kier alpha value is -0.330. The topological polar surface area (TPSA) is 17.1 Å². The van der Waals surface area contributed by atoms with Gasteiger partial charge in [-0.25, -0.2) is 0 Å². The van der Waals surface area contributed by atoms with Crippen molar-refractivity contribution >= 4 is 5.78 Å². The van der Waals surface area contributed by atoms with Crippen LogP contribution < -0.4 is 0 Å². The fraction of sp³-hybridized carbons (Fsp3) is 0.889. The van der Waals surface area contributed by atoms with E-state index in [1.54, 1.807) is 0 Å². The molecular formula is C9H18O. The van der Waals surface area contributed by atoms with Crippen LogP contribution in [-0.4, -0.2) is 5.78 Å². The molecule has 0 aliphatic rings. The van der Waals surface area contributed by atoms with Gasteiger partial charge in [-0.1, -0.05) is 27.7 Å². The van der Waals surface area contributed by atoms with Crippen molar-refractivity contribution in [1.29, 1.82) is 0 Å². The van der Waals surface area contributed by atoms with E-state index in [4.69, 9.17) is 0 Å². The number of hydrogen-bond donors (Lipinski definition) is 0. The zero-order valence-electron chi connectivity index (χ0n) is 7.48. The van der Waals surface area contributed by atoms with Crippen molar-refractivity contribution in [1.82, 2.24) is 0 Å². The Balaban J connectivity index is 3.61. The second-order valence-corrected chi connectivity index (χ2v) is 3.35. The molecule has 0 aliphatic carbocycles. The van der Waals surface area contributed by atoms with E-state index in [1.165, 1.54) is 0 Å². The molecule has 0 heterocycles. The summed E-state index contributed by atoms with van der Waals surface area (Å²) in [6, 6.07) is 0. The molecule has 0 aromatic rings. The van der Waals surface area contributed by atoms with Crippen molar-refractivity contribution in [3.63, 3.8) is 0 Å². The maximum absolute atomic E-state index is 11.0. The summed E-state index contributed by atoms with van der Waals surface area (Å²) < 4.78 is 0. The van der Waals surface area contributed by atoms with Crippen molar-refractivity contribution < 1.29 is 4.79 Å². The Morgan fingerprint density at radius 1 is 1.30 bits per heavy atom. The quantitative estimate of drug-likeness (QED) is 0.589. The van der Waals surface area contributed by atoms with Crippen molar-refractivity contribution in [2.45, 2.75) is 40.5 Å². The molecule has 0 amide bonds. The molecule has 0 spiro atoms. The van der Waals surface area contributed by atoms with Gasteiger partial charge in [-0.3, -0.25) is 4.79 Å². The molecule has 0 aromatic carbocycles. The van der Waals surface area contributed by atoms with E-state index in [0.29, 0.717) is 18.1 Å². The van der Waals surface area contributed by atoms with Crippen molar-refractivity contribution in [2.75, 3.05) is 0 Å². The highest BCUT2D eigenvalue weighted by Gasteiger charge is 2.11. The molecule has 10 heavy (non-hydrogen) atoms. The molecule has 0 saturated carbocycles. The Labute approximate surface area is 63.8 Å². The van der Waals surface area contributed by atoms with Crippen LogP contribution in [0.5, 0.6) is 0 Å². The van der Waals surface area contributed by atoms with Gasteiger partial charge in [0.2, 0.25) is 0 Å². The molecule has 1 heteroatoms. The number of Topliss-reactive ketones (excluding diaryl/α,β-unsaturated/α-hetero) is 1. The summed E-state index contributed by atoms with van der Waals surface area (Å²) in [6.45, 7) is 8.25. The highest BCUT2D eigenvalue weighted by atomic mass is 16.1. The molecule has 1 unspecified atom stereocenters. The molecule has 0 fully saturated rings. The summed E-state index contributed by atoms with van der Waals surface area (Å²) in [7, 11) is 0. The third kappa shape index (κ3) is 3.65. The van der Waals surface area contributed by atoms with Crippen LogP contribution in [0.2, 0.25) is 0 Å². The van der Waals surface area contributed by atoms with Gasteiger partial charge in [0.05, 0.1) is 0 Å². The minimum atomic E-state index is 0.269. The number of ketones is 1. The molecule has 0 rings (SSSR count). The molecule has 0 N–H and O–H groups in total. The fourth-order valence-electron chi connectivity index (χ4n) is 1.19. The Kier molecular flexibility index (Phi) is 4.33. The number of carbonyl (C=O) groups is 1. The Morgan fingerprint density at radius 2 is 1.80 bits per heavy atom. The normalized spacial score (nSPS) is 13.7. The van der Waals surface area contributed by atoms with E-state index in [2.05, 4.69) is 13.8 Å². The van der Waals surface area contributed by atoms with Crippen LogP contribution >= 0.6 is 0 Å². The summed E-state index contributed by atoms with van der Waals surface area (Å²) in [5.41, 5.74) is 0. The molecular weight excluding hydrogens is 124 g/mol. The maximum Gasteiger partial charge on any atom is 0.135 e. The van der Waals surface area contributed by atoms with Crippen molar-refractivity contribution in [2.24, 2.45) is 11.8 Å². The second kappa shape index (κ2) is 4.48. The van der Waals surface area contributed by atoms with Crippen molar-refractivity contribution in [3.8, 4) is 0 Å². The fourth-order valence-corrected chi connectivity index (χ4v) is 1.19. The Morgan fingerprint density at radius 3 is 2.10 bits per heavy atom. The standard InChI is InChI=1S/C9H18O/c1-5-9(10)8(4)6-7(2)3/h7-8H,5-6H2,1-4H3. The van der Waals surface area contributed by atoms with E-state index in [9.17, 15) is 4.79 Å². The van der Waals surface area contributed by atoms with E-state index >= 15 is 0 Å². The van der Waals surface area contributed by atoms with Crippen LogP contribution in [0.3, 0.4) is 0 Å². The first-order chi connectivity index (χ1) is 4.57. The molecule has 0 aromatic heterocycles. The highest BCUT2D eigenvalue weighted by molar-refractivity contribution is 5.80. The first-order valence-corrected chi connectivity index (χ1v) is 4.10. The van der Waals surface area contributed by atoms with Gasteiger partial charge in [0.15, 0.2) is 0 Å². The summed E-state index contributed by atoms with van der Waals surface area (Å²) in [6.07, 6.45) is 1.72. The third-order valence-corrected chi connectivity index (χ3v) is 1.72. The highest BCUT2D eigenvalue weighted by Crippen LogP contribution is 2.12. The molecule has 0 bridgehead atoms. The molecule has 1 atom stereocenters. The maximum atomic E-state index is 11.0. The zero-order valence-corrected chi connectivity index (χ0v) is 7.48. The molecule has 0 radical (unpaired) electrons. The van der Waals surface area contributed by atoms with E-state index in [-0.39, 0.29) is 5.92 Å². The van der Waals surface area contributed by atoms with E-state index < -0.39 is 0 Å². The van der Waals surface area contributed by atoms with Crippen LogP contribution in [-0.2, 0) is 4.79 Å². The lowest BCUT2D eigenvalue weighted by Gasteiger charge is -2.10. The lowest BCUT2D eigenvalue weighted by Crippen LogP contribution is -2.11. The minimum Gasteiger partial charge on any atom is -0.299 e. The smallest absolute Gasteiger partial charge is 0.135 e. The van der Waals surface area contributed by atoms with Gasteiger partial charge < -0.3 is 0 Å². The lowest BCUT2D eigenvalue weighted by atomic mass is 9.94. The average Bonchev–Trinajstić information content (AvgIpc) is 1.85. The van der Waals surface area contributed by atoms with E-state index in [1.807, 2.05) is 13.8 Å². The van der Waals surface area contributed by atoms with Gasteiger partial charge in [-0.15, -0.1) is 0 Å². The monoisotopic (exact) mass is 142 g/mol. The first-order valence-electron chi connectivity index (χ1n) is 4.10. The molecule has 0 saturated heterocycles. The van der Waals surface area contributed by atoms with Crippen molar-refractivity contribution in [3.05, 3.63) is 0 Å².